The molecule has 216 valence electrons. The van der Waals surface area contributed by atoms with E-state index in [0.29, 0.717) is 5.56 Å². The molecule has 0 bridgehead atoms. The molecule has 43 heavy (non-hydrogen) atoms. The summed E-state index contributed by atoms with van der Waals surface area (Å²) in [4.78, 5) is 0. The third kappa shape index (κ3) is 5.37. The number of alkyl halides is 3. The van der Waals surface area contributed by atoms with Gasteiger partial charge in [0.15, 0.2) is 0 Å². The van der Waals surface area contributed by atoms with Crippen LogP contribution in [0, 0.1) is 20.8 Å². The first-order valence-corrected chi connectivity index (χ1v) is 15.1. The maximum absolute atomic E-state index is 12.7. The van der Waals surface area contributed by atoms with Crippen molar-refractivity contribution in [3.05, 3.63) is 126 Å². The van der Waals surface area contributed by atoms with Crippen LogP contribution >= 0.6 is 0 Å². The predicted octanol–water partition coefficient (Wildman–Crippen LogP) is 10.1. The van der Waals surface area contributed by atoms with Crippen LogP contribution in [0.25, 0.3) is 54.9 Å². The van der Waals surface area contributed by atoms with Gasteiger partial charge in [0.25, 0.3) is 0 Å². The second-order valence-corrected chi connectivity index (χ2v) is 12.3. The molecule has 0 saturated heterocycles. The molecule has 0 fully saturated rings. The van der Waals surface area contributed by atoms with E-state index < -0.39 is 21.4 Å². The van der Waals surface area contributed by atoms with Crippen molar-refractivity contribution < 1.29 is 25.8 Å². The summed E-state index contributed by atoms with van der Waals surface area (Å²) in [5.41, 5.74) is 4.25. The van der Waals surface area contributed by atoms with Gasteiger partial charge >= 0.3 is 15.6 Å². The minimum Gasteiger partial charge on any atom is -0.376 e. The zero-order chi connectivity index (χ0) is 30.5. The normalized spacial score (nSPS) is 12.1. The molecule has 0 amide bonds. The largest absolute Gasteiger partial charge is 0.534 e. The zero-order valence-corrected chi connectivity index (χ0v) is 24.5. The van der Waals surface area contributed by atoms with Crippen molar-refractivity contribution in [2.75, 3.05) is 0 Å². The zero-order valence-electron chi connectivity index (χ0n) is 23.7. The Morgan fingerprint density at radius 3 is 1.40 bits per heavy atom. The Balaban J connectivity index is 1.40. The fourth-order valence-electron chi connectivity index (χ4n) is 5.52. The van der Waals surface area contributed by atoms with Gasteiger partial charge in [0.05, 0.1) is 0 Å². The number of benzene rings is 6. The standard InChI is InChI=1S/C36H27F3O3S/c1-22-4-8-25(9-5-22)27-14-18-32-29(20-27)10-6-23(2)34(32)35-24(3)7-11-30-21-28(15-19-33(30)35)26-12-16-31(17-13-26)42-43(40,41)36(37,38)39/h4-21H,1-3H3. The third-order valence-corrected chi connectivity index (χ3v) is 8.75. The van der Waals surface area contributed by atoms with Crippen molar-refractivity contribution in [3.8, 4) is 39.1 Å². The highest BCUT2D eigenvalue weighted by molar-refractivity contribution is 7.88. The summed E-state index contributed by atoms with van der Waals surface area (Å²) in [6.07, 6.45) is 0. The van der Waals surface area contributed by atoms with E-state index in [0.717, 1.165) is 38.4 Å². The van der Waals surface area contributed by atoms with E-state index in [-0.39, 0.29) is 0 Å². The van der Waals surface area contributed by atoms with Crippen LogP contribution in [-0.2, 0) is 10.1 Å². The third-order valence-electron chi connectivity index (χ3n) is 7.77. The first-order valence-electron chi connectivity index (χ1n) is 13.7. The predicted molar refractivity (Wildman–Crippen MR) is 168 cm³/mol. The summed E-state index contributed by atoms with van der Waals surface area (Å²) in [7, 11) is -5.73. The van der Waals surface area contributed by atoms with Gasteiger partial charge in [-0.25, -0.2) is 0 Å². The molecular weight excluding hydrogens is 569 g/mol. The maximum Gasteiger partial charge on any atom is 0.534 e. The van der Waals surface area contributed by atoms with Crippen molar-refractivity contribution in [2.24, 2.45) is 0 Å². The van der Waals surface area contributed by atoms with Gasteiger partial charge in [0.2, 0.25) is 0 Å². The van der Waals surface area contributed by atoms with E-state index in [2.05, 4.69) is 97.8 Å². The van der Waals surface area contributed by atoms with Crippen molar-refractivity contribution in [1.29, 1.82) is 0 Å². The minimum atomic E-state index is -5.73. The molecule has 0 aliphatic rings. The lowest BCUT2D eigenvalue weighted by Crippen LogP contribution is -2.28. The molecule has 0 heterocycles. The average Bonchev–Trinajstić information content (AvgIpc) is 2.97. The van der Waals surface area contributed by atoms with E-state index in [4.69, 9.17) is 0 Å². The molecule has 3 nitrogen and oxygen atoms in total. The van der Waals surface area contributed by atoms with Crippen LogP contribution in [0.3, 0.4) is 0 Å². The van der Waals surface area contributed by atoms with Gasteiger partial charge in [0, 0.05) is 0 Å². The van der Waals surface area contributed by atoms with E-state index in [1.165, 1.54) is 51.9 Å². The molecule has 0 aromatic heterocycles. The number of halogens is 3. The Morgan fingerprint density at radius 2 is 0.953 bits per heavy atom. The first kappa shape index (κ1) is 28.5. The highest BCUT2D eigenvalue weighted by Gasteiger charge is 2.48. The highest BCUT2D eigenvalue weighted by atomic mass is 32.2. The molecule has 0 radical (unpaired) electrons. The van der Waals surface area contributed by atoms with Gasteiger partial charge in [0.1, 0.15) is 5.75 Å². The maximum atomic E-state index is 12.7. The van der Waals surface area contributed by atoms with Crippen LogP contribution in [0.1, 0.15) is 16.7 Å². The van der Waals surface area contributed by atoms with Crippen molar-refractivity contribution in [1.82, 2.24) is 0 Å². The fraction of sp³-hybridized carbons (Fsp3) is 0.111. The van der Waals surface area contributed by atoms with E-state index in [1.54, 1.807) is 0 Å². The topological polar surface area (TPSA) is 43.4 Å². The smallest absolute Gasteiger partial charge is 0.376 e. The second-order valence-electron chi connectivity index (χ2n) is 10.8. The van der Waals surface area contributed by atoms with E-state index >= 15 is 0 Å². The number of rotatable bonds is 5. The molecule has 0 saturated carbocycles. The molecule has 6 aromatic rings. The molecule has 0 aliphatic carbocycles. The summed E-state index contributed by atoms with van der Waals surface area (Å²) in [6, 6.07) is 35.2. The Labute approximate surface area is 248 Å². The fourth-order valence-corrected chi connectivity index (χ4v) is 5.98. The Bertz CT molecular complexity index is 2110. The molecule has 0 spiro atoms. The van der Waals surface area contributed by atoms with Crippen LogP contribution in [0.5, 0.6) is 5.75 Å². The van der Waals surface area contributed by atoms with Gasteiger partial charge in [-0.3, -0.25) is 0 Å². The summed E-state index contributed by atoms with van der Waals surface area (Å²) < 4.78 is 65.0. The Morgan fingerprint density at radius 1 is 0.535 bits per heavy atom. The monoisotopic (exact) mass is 596 g/mol. The van der Waals surface area contributed by atoms with Crippen LogP contribution < -0.4 is 4.18 Å². The van der Waals surface area contributed by atoms with Crippen LogP contribution in [0.15, 0.2) is 109 Å². The number of hydrogen-bond donors (Lipinski definition) is 0. The van der Waals surface area contributed by atoms with Crippen molar-refractivity contribution in [3.63, 3.8) is 0 Å². The summed E-state index contributed by atoms with van der Waals surface area (Å²) >= 11 is 0. The quantitative estimate of drug-likeness (QED) is 0.147. The van der Waals surface area contributed by atoms with Gasteiger partial charge in [-0.15, -0.1) is 0 Å². The van der Waals surface area contributed by atoms with Gasteiger partial charge < -0.3 is 4.18 Å². The lowest BCUT2D eigenvalue weighted by molar-refractivity contribution is -0.0500. The number of aryl methyl sites for hydroxylation is 3. The Hall–Kier alpha value is -4.62. The van der Waals surface area contributed by atoms with Crippen LogP contribution in [-0.4, -0.2) is 13.9 Å². The summed E-state index contributed by atoms with van der Waals surface area (Å²) in [5.74, 6) is -0.406. The summed E-state index contributed by atoms with van der Waals surface area (Å²) in [6.45, 7) is 6.31. The number of hydrogen-bond acceptors (Lipinski definition) is 3. The van der Waals surface area contributed by atoms with Gasteiger partial charge in [-0.2, -0.15) is 21.6 Å². The van der Waals surface area contributed by atoms with Gasteiger partial charge in [-0.05, 0) is 111 Å². The highest BCUT2D eigenvalue weighted by Crippen LogP contribution is 2.41. The van der Waals surface area contributed by atoms with Crippen molar-refractivity contribution >= 4 is 31.7 Å². The molecular formula is C36H27F3O3S. The van der Waals surface area contributed by atoms with Crippen molar-refractivity contribution in [2.45, 2.75) is 26.3 Å². The molecule has 0 atom stereocenters. The molecule has 0 unspecified atom stereocenters. The first-order chi connectivity index (χ1) is 20.4. The SMILES string of the molecule is Cc1ccc(-c2ccc3c(-c4c(C)ccc5cc(-c6ccc(OS(=O)(=O)C(F)(F)F)cc6)ccc45)c(C)ccc3c2)cc1. The lowest BCUT2D eigenvalue weighted by Gasteiger charge is -2.17. The van der Waals surface area contributed by atoms with E-state index in [1.807, 2.05) is 12.1 Å². The van der Waals surface area contributed by atoms with Gasteiger partial charge in [-0.1, -0.05) is 90.5 Å². The number of fused-ring (bicyclic) bond motifs is 2. The molecule has 6 rings (SSSR count). The molecule has 6 aromatic carbocycles. The minimum absolute atomic E-state index is 0.406. The molecule has 7 heteroatoms. The van der Waals surface area contributed by atoms with E-state index in [9.17, 15) is 21.6 Å². The average molecular weight is 597 g/mol. The second kappa shape index (κ2) is 10.6. The lowest BCUT2D eigenvalue weighted by atomic mass is 9.86. The van der Waals surface area contributed by atoms with Crippen LogP contribution in [0.4, 0.5) is 13.2 Å². The van der Waals surface area contributed by atoms with Crippen LogP contribution in [0.2, 0.25) is 0 Å². The summed E-state index contributed by atoms with van der Waals surface area (Å²) in [5, 5.41) is 4.41. The molecule has 0 N–H and O–H groups in total. The Kier molecular flexibility index (Phi) is 7.01. The molecule has 0 aliphatic heterocycles.